The van der Waals surface area contributed by atoms with Gasteiger partial charge in [-0.15, -0.1) is 0 Å². The number of carbonyl (C=O) groups is 1. The topological polar surface area (TPSA) is 72.5 Å². The molecular formula is C14H11BrClNO4S. The zero-order valence-electron chi connectivity index (χ0n) is 11.3. The third-order valence-electron chi connectivity index (χ3n) is 2.76. The molecule has 0 aliphatic carbocycles. The second-order valence-corrected chi connectivity index (χ2v) is 7.19. The number of sulfonamides is 1. The van der Waals surface area contributed by atoms with Crippen LogP contribution in [0, 0.1) is 0 Å². The Morgan fingerprint density at radius 3 is 2.55 bits per heavy atom. The fraction of sp³-hybridized carbons (Fsp3) is 0.0714. The van der Waals surface area contributed by atoms with Crippen molar-refractivity contribution in [3.05, 3.63) is 57.5 Å². The van der Waals surface area contributed by atoms with Gasteiger partial charge in [0.2, 0.25) is 0 Å². The Balaban J connectivity index is 2.44. The smallest absolute Gasteiger partial charge is 0.339 e. The molecule has 2 rings (SSSR count). The molecular weight excluding hydrogens is 394 g/mol. The van der Waals surface area contributed by atoms with Crippen molar-refractivity contribution < 1.29 is 17.9 Å². The molecule has 116 valence electrons. The van der Waals surface area contributed by atoms with E-state index in [1.165, 1.54) is 31.4 Å². The van der Waals surface area contributed by atoms with E-state index in [0.717, 1.165) is 0 Å². The van der Waals surface area contributed by atoms with E-state index in [2.05, 4.69) is 25.4 Å². The van der Waals surface area contributed by atoms with Crippen LogP contribution in [-0.2, 0) is 14.8 Å². The van der Waals surface area contributed by atoms with E-state index in [4.69, 9.17) is 11.6 Å². The molecule has 0 unspecified atom stereocenters. The molecule has 2 aromatic carbocycles. The maximum Gasteiger partial charge on any atom is 0.339 e. The highest BCUT2D eigenvalue weighted by atomic mass is 79.9. The van der Waals surface area contributed by atoms with E-state index in [1.807, 2.05) is 0 Å². The van der Waals surface area contributed by atoms with E-state index in [9.17, 15) is 13.2 Å². The number of halogens is 2. The number of ether oxygens (including phenoxy) is 1. The van der Waals surface area contributed by atoms with Gasteiger partial charge in [0.05, 0.1) is 23.4 Å². The molecule has 0 saturated carbocycles. The summed E-state index contributed by atoms with van der Waals surface area (Å²) in [4.78, 5) is 11.6. The Kier molecular flexibility index (Phi) is 5.10. The van der Waals surface area contributed by atoms with Crippen LogP contribution in [-0.4, -0.2) is 21.5 Å². The van der Waals surface area contributed by atoms with Crippen LogP contribution >= 0.6 is 27.5 Å². The molecule has 0 amide bonds. The molecule has 0 spiro atoms. The molecule has 0 aliphatic rings. The predicted octanol–water partition coefficient (Wildman–Crippen LogP) is 3.69. The van der Waals surface area contributed by atoms with Gasteiger partial charge in [0.15, 0.2) is 0 Å². The van der Waals surface area contributed by atoms with Crippen molar-refractivity contribution in [2.45, 2.75) is 4.90 Å². The van der Waals surface area contributed by atoms with Crippen LogP contribution in [0.15, 0.2) is 51.8 Å². The first-order valence-electron chi connectivity index (χ1n) is 6.00. The quantitative estimate of drug-likeness (QED) is 0.789. The van der Waals surface area contributed by atoms with Gasteiger partial charge in [-0.2, -0.15) is 0 Å². The number of nitrogens with one attached hydrogen (secondary N) is 1. The molecule has 0 saturated heterocycles. The minimum atomic E-state index is -3.94. The summed E-state index contributed by atoms with van der Waals surface area (Å²) in [5.41, 5.74) is 0.232. The van der Waals surface area contributed by atoms with Gasteiger partial charge in [-0.1, -0.05) is 39.7 Å². The number of rotatable bonds is 4. The fourth-order valence-corrected chi connectivity index (χ4v) is 3.87. The average Bonchev–Trinajstić information content (AvgIpc) is 2.46. The van der Waals surface area contributed by atoms with Crippen LogP contribution in [0.1, 0.15) is 10.4 Å². The molecule has 2 aromatic rings. The third-order valence-corrected chi connectivity index (χ3v) is 5.10. The molecule has 0 aliphatic heterocycles. The Bertz CT molecular complexity index is 823. The van der Waals surface area contributed by atoms with E-state index < -0.39 is 16.0 Å². The summed E-state index contributed by atoms with van der Waals surface area (Å²) in [7, 11) is -2.71. The Morgan fingerprint density at radius 2 is 1.91 bits per heavy atom. The summed E-state index contributed by atoms with van der Waals surface area (Å²) >= 11 is 9.18. The van der Waals surface area contributed by atoms with Gasteiger partial charge in [0, 0.05) is 4.47 Å². The highest BCUT2D eigenvalue weighted by Gasteiger charge is 2.21. The molecule has 0 fully saturated rings. The number of benzene rings is 2. The van der Waals surface area contributed by atoms with Crippen molar-refractivity contribution in [1.29, 1.82) is 0 Å². The van der Waals surface area contributed by atoms with E-state index in [1.54, 1.807) is 18.2 Å². The van der Waals surface area contributed by atoms with Crippen molar-refractivity contribution in [2.24, 2.45) is 0 Å². The van der Waals surface area contributed by atoms with Crippen molar-refractivity contribution in [1.82, 2.24) is 0 Å². The number of anilines is 1. The zero-order valence-corrected chi connectivity index (χ0v) is 14.5. The lowest BCUT2D eigenvalue weighted by Gasteiger charge is -2.12. The zero-order chi connectivity index (χ0) is 16.3. The number of hydrogen-bond donors (Lipinski definition) is 1. The monoisotopic (exact) mass is 403 g/mol. The van der Waals surface area contributed by atoms with Crippen LogP contribution in [0.5, 0.6) is 0 Å². The number of methoxy groups -OCH3 is 1. The van der Waals surface area contributed by atoms with Crippen LogP contribution in [0.4, 0.5) is 5.69 Å². The summed E-state index contributed by atoms with van der Waals surface area (Å²) in [5.74, 6) is -0.639. The minimum Gasteiger partial charge on any atom is -0.465 e. The number of esters is 1. The number of carbonyl (C=O) groups excluding carboxylic acids is 1. The van der Waals surface area contributed by atoms with Gasteiger partial charge in [-0.05, 0) is 30.3 Å². The maximum absolute atomic E-state index is 12.4. The van der Waals surface area contributed by atoms with E-state index in [0.29, 0.717) is 4.47 Å². The third kappa shape index (κ3) is 3.60. The summed E-state index contributed by atoms with van der Waals surface area (Å²) in [6.45, 7) is 0. The predicted molar refractivity (Wildman–Crippen MR) is 87.7 cm³/mol. The standard InChI is InChI=1S/C14H11BrClNO4S/c1-21-14(18)10-4-2-3-5-12(10)17-22(19,20)13-7-6-9(15)8-11(13)16/h2-8,17H,1H3. The van der Waals surface area contributed by atoms with Gasteiger partial charge >= 0.3 is 5.97 Å². The lowest BCUT2D eigenvalue weighted by atomic mass is 10.2. The largest absolute Gasteiger partial charge is 0.465 e. The fourth-order valence-electron chi connectivity index (χ4n) is 1.75. The Hall–Kier alpha value is -1.57. The van der Waals surface area contributed by atoms with Crippen molar-refractivity contribution >= 4 is 49.2 Å². The van der Waals surface area contributed by atoms with Gasteiger partial charge < -0.3 is 4.74 Å². The van der Waals surface area contributed by atoms with Crippen LogP contribution < -0.4 is 4.72 Å². The highest BCUT2D eigenvalue weighted by molar-refractivity contribution is 9.10. The molecule has 0 bridgehead atoms. The van der Waals surface area contributed by atoms with Crippen molar-refractivity contribution in [3.8, 4) is 0 Å². The van der Waals surface area contributed by atoms with Crippen molar-refractivity contribution in [3.63, 3.8) is 0 Å². The van der Waals surface area contributed by atoms with Crippen LogP contribution in [0.2, 0.25) is 5.02 Å². The molecule has 22 heavy (non-hydrogen) atoms. The average molecular weight is 405 g/mol. The maximum atomic E-state index is 12.4. The lowest BCUT2D eigenvalue weighted by Crippen LogP contribution is -2.16. The van der Waals surface area contributed by atoms with Gasteiger partial charge in [-0.3, -0.25) is 4.72 Å². The second kappa shape index (κ2) is 6.68. The van der Waals surface area contributed by atoms with Gasteiger partial charge in [-0.25, -0.2) is 13.2 Å². The van der Waals surface area contributed by atoms with Crippen LogP contribution in [0.25, 0.3) is 0 Å². The first-order valence-corrected chi connectivity index (χ1v) is 8.66. The lowest BCUT2D eigenvalue weighted by molar-refractivity contribution is 0.0602. The first kappa shape index (κ1) is 16.8. The first-order chi connectivity index (χ1) is 10.3. The molecule has 0 heterocycles. The summed E-state index contributed by atoms with van der Waals surface area (Å²) in [5, 5.41) is 0.0671. The number of para-hydroxylation sites is 1. The summed E-state index contributed by atoms with van der Waals surface area (Å²) in [6, 6.07) is 10.6. The molecule has 8 heteroatoms. The highest BCUT2D eigenvalue weighted by Crippen LogP contribution is 2.28. The summed E-state index contributed by atoms with van der Waals surface area (Å²) < 4.78 is 32.5. The molecule has 0 radical (unpaired) electrons. The Morgan fingerprint density at radius 1 is 1.23 bits per heavy atom. The number of hydrogen-bond acceptors (Lipinski definition) is 4. The van der Waals surface area contributed by atoms with Crippen LogP contribution in [0.3, 0.4) is 0 Å². The van der Waals surface area contributed by atoms with E-state index >= 15 is 0 Å². The molecule has 1 N–H and O–H groups in total. The van der Waals surface area contributed by atoms with Crippen molar-refractivity contribution in [2.75, 3.05) is 11.8 Å². The molecule has 5 nitrogen and oxygen atoms in total. The minimum absolute atomic E-state index is 0.0671. The summed E-state index contributed by atoms with van der Waals surface area (Å²) in [6.07, 6.45) is 0. The Labute approximate surface area is 141 Å². The SMILES string of the molecule is COC(=O)c1ccccc1NS(=O)(=O)c1ccc(Br)cc1Cl. The normalized spacial score (nSPS) is 11.0. The molecule has 0 atom stereocenters. The van der Waals surface area contributed by atoms with E-state index in [-0.39, 0.29) is 21.2 Å². The molecule has 0 aromatic heterocycles. The van der Waals surface area contributed by atoms with Gasteiger partial charge in [0.1, 0.15) is 4.90 Å². The second-order valence-electron chi connectivity index (χ2n) is 4.22. The van der Waals surface area contributed by atoms with Gasteiger partial charge in [0.25, 0.3) is 10.0 Å².